The molecule has 0 saturated heterocycles. The lowest BCUT2D eigenvalue weighted by molar-refractivity contribution is 0.0690. The molecule has 0 amide bonds. The molecule has 5 nitrogen and oxygen atoms in total. The number of carboxylic acid groups (broad SMARTS) is 1. The van der Waals surface area contributed by atoms with Gasteiger partial charge in [0.15, 0.2) is 16.1 Å². The molecule has 0 fully saturated rings. The van der Waals surface area contributed by atoms with E-state index >= 15 is 0 Å². The van der Waals surface area contributed by atoms with Crippen LogP contribution in [-0.4, -0.2) is 20.5 Å². The van der Waals surface area contributed by atoms with Gasteiger partial charge >= 0.3 is 5.97 Å². The summed E-state index contributed by atoms with van der Waals surface area (Å²) in [5, 5.41) is 9.31. The lowest BCUT2D eigenvalue weighted by atomic mass is 10.2. The molecule has 90 valence electrons. The average Bonchev–Trinajstić information content (AvgIpc) is 2.91. The number of nitrogens with zero attached hydrogens (tertiary/aromatic N) is 2. The van der Waals surface area contributed by atoms with Gasteiger partial charge in [-0.2, -0.15) is 0 Å². The van der Waals surface area contributed by atoms with Crippen molar-refractivity contribution < 1.29 is 14.3 Å². The number of fused-ring (bicyclic) bond motifs is 1. The Labute approximate surface area is 110 Å². The molecular weight excluding hydrogens is 300 g/mol. The minimum Gasteiger partial charge on any atom is -0.476 e. The number of carbonyl (C=O) groups is 1. The van der Waals surface area contributed by atoms with Gasteiger partial charge in [0.05, 0.1) is 0 Å². The highest BCUT2D eigenvalue weighted by Gasteiger charge is 2.21. The molecule has 0 aliphatic rings. The third-order valence-corrected chi connectivity index (χ3v) is 2.97. The van der Waals surface area contributed by atoms with Gasteiger partial charge in [-0.05, 0) is 40.2 Å². The van der Waals surface area contributed by atoms with Crippen molar-refractivity contribution in [1.29, 1.82) is 0 Å². The van der Waals surface area contributed by atoms with Gasteiger partial charge in [-0.25, -0.2) is 9.78 Å². The van der Waals surface area contributed by atoms with E-state index < -0.39 is 5.97 Å². The van der Waals surface area contributed by atoms with Crippen LogP contribution in [0.25, 0.3) is 17.1 Å². The van der Waals surface area contributed by atoms with Crippen LogP contribution in [0.2, 0.25) is 0 Å². The monoisotopic (exact) mass is 306 g/mol. The number of hydrogen-bond donors (Lipinski definition) is 1. The lowest BCUT2D eigenvalue weighted by Crippen LogP contribution is -2.02. The van der Waals surface area contributed by atoms with Crippen molar-refractivity contribution in [1.82, 2.24) is 9.38 Å². The Morgan fingerprint density at radius 1 is 1.33 bits per heavy atom. The summed E-state index contributed by atoms with van der Waals surface area (Å²) in [6.07, 6.45) is 1.66. The van der Waals surface area contributed by atoms with Crippen molar-refractivity contribution in [3.8, 4) is 11.5 Å². The fraction of sp³-hybridized carbons (Fsp3) is 0. The van der Waals surface area contributed by atoms with Gasteiger partial charge in [-0.15, -0.1) is 0 Å². The second-order valence-electron chi connectivity index (χ2n) is 3.65. The van der Waals surface area contributed by atoms with Crippen LogP contribution in [0.3, 0.4) is 0 Å². The van der Waals surface area contributed by atoms with Crippen molar-refractivity contribution in [2.24, 2.45) is 0 Å². The van der Waals surface area contributed by atoms with E-state index in [4.69, 9.17) is 4.42 Å². The van der Waals surface area contributed by atoms with E-state index in [1.165, 1.54) is 4.40 Å². The predicted molar refractivity (Wildman–Crippen MR) is 67.6 cm³/mol. The molecule has 1 N–H and O–H groups in total. The van der Waals surface area contributed by atoms with Crippen LogP contribution < -0.4 is 0 Å². The number of hydrogen-bond acceptors (Lipinski definition) is 3. The molecule has 3 heterocycles. The smallest absolute Gasteiger partial charge is 0.355 e. The molecule has 0 aromatic carbocycles. The SMILES string of the molecule is O=C(O)c1c(-c2ccc(Br)o2)nc2ccccn12. The molecule has 0 aliphatic carbocycles. The molecule has 0 spiro atoms. The summed E-state index contributed by atoms with van der Waals surface area (Å²) < 4.78 is 7.42. The Bertz CT molecular complexity index is 745. The fourth-order valence-electron chi connectivity index (χ4n) is 1.81. The molecule has 0 saturated carbocycles. The summed E-state index contributed by atoms with van der Waals surface area (Å²) in [5.74, 6) is -0.626. The Hall–Kier alpha value is -2.08. The molecule has 3 aromatic heterocycles. The standard InChI is InChI=1S/C12H7BrN2O3/c13-8-5-4-7(18-8)10-11(12(16)17)15-6-2-1-3-9(15)14-10/h1-6H,(H,16,17). The normalized spacial score (nSPS) is 10.9. The maximum absolute atomic E-state index is 11.4. The third kappa shape index (κ3) is 1.62. The Balaban J connectivity index is 2.34. The minimum atomic E-state index is -1.05. The van der Waals surface area contributed by atoms with E-state index in [0.717, 1.165) is 0 Å². The van der Waals surface area contributed by atoms with Gasteiger partial charge < -0.3 is 9.52 Å². The van der Waals surface area contributed by atoms with E-state index in [2.05, 4.69) is 20.9 Å². The molecule has 3 aromatic rings. The van der Waals surface area contributed by atoms with Crippen LogP contribution in [0.4, 0.5) is 0 Å². The Kier molecular flexibility index (Phi) is 2.45. The van der Waals surface area contributed by atoms with Crippen molar-refractivity contribution in [2.75, 3.05) is 0 Å². The summed E-state index contributed by atoms with van der Waals surface area (Å²) in [4.78, 5) is 15.6. The Morgan fingerprint density at radius 3 is 2.83 bits per heavy atom. The zero-order valence-electron chi connectivity index (χ0n) is 9.00. The van der Waals surface area contributed by atoms with Crippen molar-refractivity contribution >= 4 is 27.5 Å². The highest BCUT2D eigenvalue weighted by Crippen LogP contribution is 2.28. The van der Waals surface area contributed by atoms with Crippen molar-refractivity contribution in [3.63, 3.8) is 0 Å². The van der Waals surface area contributed by atoms with E-state index in [-0.39, 0.29) is 5.69 Å². The molecule has 0 unspecified atom stereocenters. The molecule has 3 rings (SSSR count). The number of imidazole rings is 1. The van der Waals surface area contributed by atoms with Crippen molar-refractivity contribution in [3.05, 3.63) is 46.9 Å². The number of pyridine rings is 1. The summed E-state index contributed by atoms with van der Waals surface area (Å²) in [5.41, 5.74) is 0.976. The van der Waals surface area contributed by atoms with Crippen LogP contribution >= 0.6 is 15.9 Å². The second-order valence-corrected chi connectivity index (χ2v) is 4.43. The number of rotatable bonds is 2. The molecule has 0 atom stereocenters. The van der Waals surface area contributed by atoms with E-state index in [0.29, 0.717) is 21.8 Å². The molecule has 18 heavy (non-hydrogen) atoms. The zero-order chi connectivity index (χ0) is 12.7. The largest absolute Gasteiger partial charge is 0.476 e. The van der Waals surface area contributed by atoms with Crippen LogP contribution in [-0.2, 0) is 0 Å². The maximum Gasteiger partial charge on any atom is 0.355 e. The third-order valence-electron chi connectivity index (χ3n) is 2.54. The average molecular weight is 307 g/mol. The minimum absolute atomic E-state index is 0.0902. The van der Waals surface area contributed by atoms with E-state index in [1.807, 2.05) is 0 Å². The highest BCUT2D eigenvalue weighted by atomic mass is 79.9. The molecular formula is C12H7BrN2O3. The fourth-order valence-corrected chi connectivity index (χ4v) is 2.12. The number of aromatic nitrogens is 2. The van der Waals surface area contributed by atoms with Crippen LogP contribution in [0.15, 0.2) is 45.6 Å². The van der Waals surface area contributed by atoms with Gasteiger partial charge in [-0.3, -0.25) is 4.40 Å². The van der Waals surface area contributed by atoms with E-state index in [1.54, 1.807) is 36.5 Å². The number of halogens is 1. The summed E-state index contributed by atoms with van der Waals surface area (Å²) in [6, 6.07) is 8.68. The van der Waals surface area contributed by atoms with Crippen LogP contribution in [0.1, 0.15) is 10.5 Å². The molecule has 0 aliphatic heterocycles. The summed E-state index contributed by atoms with van der Waals surface area (Å²) >= 11 is 3.19. The van der Waals surface area contributed by atoms with Gasteiger partial charge in [-0.1, -0.05) is 6.07 Å². The maximum atomic E-state index is 11.4. The summed E-state index contributed by atoms with van der Waals surface area (Å²) in [6.45, 7) is 0. The molecule has 0 bridgehead atoms. The first-order chi connectivity index (χ1) is 8.66. The lowest BCUT2D eigenvalue weighted by Gasteiger charge is -1.97. The topological polar surface area (TPSA) is 67.7 Å². The molecule has 6 heteroatoms. The van der Waals surface area contributed by atoms with Crippen molar-refractivity contribution in [2.45, 2.75) is 0 Å². The zero-order valence-corrected chi connectivity index (χ0v) is 10.6. The number of furan rings is 1. The van der Waals surface area contributed by atoms with Gasteiger partial charge in [0.2, 0.25) is 0 Å². The number of aromatic carboxylic acids is 1. The highest BCUT2D eigenvalue weighted by molar-refractivity contribution is 9.10. The first-order valence-electron chi connectivity index (χ1n) is 5.13. The van der Waals surface area contributed by atoms with Gasteiger partial charge in [0.1, 0.15) is 11.3 Å². The quantitative estimate of drug-likeness (QED) is 0.790. The molecule has 0 radical (unpaired) electrons. The van der Waals surface area contributed by atoms with E-state index in [9.17, 15) is 9.90 Å². The Morgan fingerprint density at radius 2 is 2.17 bits per heavy atom. The van der Waals surface area contributed by atoms with Gasteiger partial charge in [0.25, 0.3) is 0 Å². The van der Waals surface area contributed by atoms with Gasteiger partial charge in [0, 0.05) is 6.20 Å². The first kappa shape index (κ1) is 11.0. The second kappa shape index (κ2) is 3.99. The number of carboxylic acids is 1. The first-order valence-corrected chi connectivity index (χ1v) is 5.92. The summed E-state index contributed by atoms with van der Waals surface area (Å²) in [7, 11) is 0. The van der Waals surface area contributed by atoms with Crippen LogP contribution in [0, 0.1) is 0 Å². The van der Waals surface area contributed by atoms with Crippen LogP contribution in [0.5, 0.6) is 0 Å². The predicted octanol–water partition coefficient (Wildman–Crippen LogP) is 3.06.